The highest BCUT2D eigenvalue weighted by molar-refractivity contribution is 5.78. The summed E-state index contributed by atoms with van der Waals surface area (Å²) in [6, 6.07) is 35.6. The predicted molar refractivity (Wildman–Crippen MR) is 154 cm³/mol. The van der Waals surface area contributed by atoms with Crippen molar-refractivity contribution in [1.29, 1.82) is 0 Å². The number of aromatic amines is 1. The van der Waals surface area contributed by atoms with Crippen molar-refractivity contribution in [2.45, 2.75) is 13.2 Å². The highest BCUT2D eigenvalue weighted by atomic mass is 19.1. The predicted octanol–water partition coefficient (Wildman–Crippen LogP) is 6.78. The van der Waals surface area contributed by atoms with Crippen LogP contribution in [0.5, 0.6) is 5.75 Å². The molecule has 2 heterocycles. The Balaban J connectivity index is 1.11. The summed E-state index contributed by atoms with van der Waals surface area (Å²) in [6.07, 6.45) is 0. The van der Waals surface area contributed by atoms with E-state index in [4.69, 9.17) is 9.72 Å². The van der Waals surface area contributed by atoms with Gasteiger partial charge in [-0.1, -0.05) is 84.9 Å². The van der Waals surface area contributed by atoms with E-state index in [0.717, 1.165) is 72.5 Å². The number of H-pyrrole nitrogens is 1. The Labute approximate surface area is 228 Å². The molecule has 5 aromatic rings. The number of benzene rings is 4. The zero-order chi connectivity index (χ0) is 26.4. The van der Waals surface area contributed by atoms with Gasteiger partial charge in [0.25, 0.3) is 0 Å². The molecule has 0 spiro atoms. The smallest absolute Gasteiger partial charge is 0.129 e. The van der Waals surface area contributed by atoms with Gasteiger partial charge in [0.05, 0.1) is 17.9 Å². The fourth-order valence-corrected chi connectivity index (χ4v) is 5.04. The second kappa shape index (κ2) is 11.5. The van der Waals surface area contributed by atoms with E-state index in [1.54, 1.807) is 12.1 Å². The summed E-state index contributed by atoms with van der Waals surface area (Å²) < 4.78 is 19.9. The molecule has 1 aromatic heterocycles. The van der Waals surface area contributed by atoms with Crippen molar-refractivity contribution in [2.24, 2.45) is 0 Å². The average molecular weight is 519 g/mol. The first-order valence-corrected chi connectivity index (χ1v) is 13.4. The third-order valence-corrected chi connectivity index (χ3v) is 7.14. The van der Waals surface area contributed by atoms with E-state index >= 15 is 0 Å². The van der Waals surface area contributed by atoms with Crippen LogP contribution in [0.15, 0.2) is 109 Å². The minimum absolute atomic E-state index is 0.211. The molecule has 6 heteroatoms. The molecule has 0 unspecified atom stereocenters. The molecule has 0 bridgehead atoms. The molecule has 1 N–H and O–H groups in total. The molecule has 39 heavy (non-hydrogen) atoms. The Morgan fingerprint density at radius 2 is 1.44 bits per heavy atom. The molecule has 1 aliphatic heterocycles. The zero-order valence-corrected chi connectivity index (χ0v) is 21.8. The number of piperazine rings is 1. The quantitative estimate of drug-likeness (QED) is 0.246. The van der Waals surface area contributed by atoms with Gasteiger partial charge < -0.3 is 14.6 Å². The van der Waals surface area contributed by atoms with Gasteiger partial charge in [0.1, 0.15) is 24.0 Å². The van der Waals surface area contributed by atoms with Crippen molar-refractivity contribution < 1.29 is 9.13 Å². The molecule has 4 aromatic carbocycles. The number of halogens is 1. The molecular formula is C33H31FN4O. The van der Waals surface area contributed by atoms with Crippen LogP contribution in [0.1, 0.15) is 11.4 Å². The second-order valence-corrected chi connectivity index (χ2v) is 9.78. The number of hydrogen-bond acceptors (Lipinski definition) is 4. The van der Waals surface area contributed by atoms with E-state index < -0.39 is 0 Å². The van der Waals surface area contributed by atoms with Crippen molar-refractivity contribution in [2.75, 3.05) is 31.1 Å². The van der Waals surface area contributed by atoms with Gasteiger partial charge in [0, 0.05) is 54.6 Å². The number of nitrogens with zero attached hydrogens (tertiary/aromatic N) is 3. The standard InChI is InChI=1S/C33H31FN4O/c34-30-17-8-7-14-27(30)24-39-29-16-9-15-28(22-29)38-20-18-37(19-21-38)23-31-35-32(25-10-3-1-4-11-25)33(36-31)26-12-5-2-6-13-26/h1-17,22H,18-21,23-24H2,(H,35,36). The summed E-state index contributed by atoms with van der Waals surface area (Å²) in [5.74, 6) is 1.48. The molecule has 0 saturated carbocycles. The van der Waals surface area contributed by atoms with Crippen LogP contribution >= 0.6 is 0 Å². The van der Waals surface area contributed by atoms with Crippen LogP contribution in [0.3, 0.4) is 0 Å². The van der Waals surface area contributed by atoms with E-state index in [0.29, 0.717) is 5.56 Å². The van der Waals surface area contributed by atoms with Crippen LogP contribution < -0.4 is 9.64 Å². The third kappa shape index (κ3) is 5.86. The Hall–Kier alpha value is -4.42. The topological polar surface area (TPSA) is 44.4 Å². The number of anilines is 1. The Kier molecular flexibility index (Phi) is 7.36. The maximum Gasteiger partial charge on any atom is 0.129 e. The van der Waals surface area contributed by atoms with Gasteiger partial charge in [-0.15, -0.1) is 0 Å². The maximum atomic E-state index is 14.0. The third-order valence-electron chi connectivity index (χ3n) is 7.14. The summed E-state index contributed by atoms with van der Waals surface area (Å²) >= 11 is 0. The van der Waals surface area contributed by atoms with E-state index in [2.05, 4.69) is 69.4 Å². The molecule has 0 radical (unpaired) electrons. The molecule has 0 aliphatic carbocycles. The van der Waals surface area contributed by atoms with Crippen LogP contribution in [0, 0.1) is 5.82 Å². The number of aromatic nitrogens is 2. The lowest BCUT2D eigenvalue weighted by atomic mass is 10.1. The first-order chi connectivity index (χ1) is 19.2. The monoisotopic (exact) mass is 518 g/mol. The van der Waals surface area contributed by atoms with Crippen LogP contribution in [0.2, 0.25) is 0 Å². The summed E-state index contributed by atoms with van der Waals surface area (Å²) in [7, 11) is 0. The first kappa shape index (κ1) is 24.9. The molecule has 1 saturated heterocycles. The highest BCUT2D eigenvalue weighted by Gasteiger charge is 2.21. The fraction of sp³-hybridized carbons (Fsp3) is 0.182. The number of rotatable bonds is 8. The number of nitrogens with one attached hydrogen (secondary N) is 1. The van der Waals surface area contributed by atoms with Crippen LogP contribution in [-0.2, 0) is 13.2 Å². The molecular weight excluding hydrogens is 487 g/mol. The van der Waals surface area contributed by atoms with Gasteiger partial charge >= 0.3 is 0 Å². The van der Waals surface area contributed by atoms with Gasteiger partial charge in [0.15, 0.2) is 0 Å². The molecule has 0 atom stereocenters. The molecule has 6 rings (SSSR count). The van der Waals surface area contributed by atoms with Gasteiger partial charge in [-0.05, 0) is 18.2 Å². The fourth-order valence-electron chi connectivity index (χ4n) is 5.04. The molecule has 1 fully saturated rings. The summed E-state index contributed by atoms with van der Waals surface area (Å²) in [4.78, 5) is 13.5. The molecule has 5 nitrogen and oxygen atoms in total. The van der Waals surface area contributed by atoms with E-state index in [-0.39, 0.29) is 12.4 Å². The van der Waals surface area contributed by atoms with Gasteiger partial charge in [-0.25, -0.2) is 9.37 Å². The summed E-state index contributed by atoms with van der Waals surface area (Å²) in [6.45, 7) is 4.67. The Bertz CT molecular complexity index is 1450. The van der Waals surface area contributed by atoms with Crippen molar-refractivity contribution >= 4 is 5.69 Å². The minimum Gasteiger partial charge on any atom is -0.489 e. The molecule has 0 amide bonds. The minimum atomic E-state index is -0.242. The van der Waals surface area contributed by atoms with Crippen molar-refractivity contribution in [3.8, 4) is 28.3 Å². The summed E-state index contributed by atoms with van der Waals surface area (Å²) in [5, 5.41) is 0. The van der Waals surface area contributed by atoms with Crippen molar-refractivity contribution in [3.63, 3.8) is 0 Å². The van der Waals surface area contributed by atoms with Crippen molar-refractivity contribution in [3.05, 3.63) is 126 Å². The largest absolute Gasteiger partial charge is 0.489 e. The number of imidazole rings is 1. The van der Waals surface area contributed by atoms with E-state index in [1.807, 2.05) is 36.4 Å². The number of hydrogen-bond donors (Lipinski definition) is 1. The van der Waals surface area contributed by atoms with Crippen LogP contribution in [-0.4, -0.2) is 41.0 Å². The number of ether oxygens (including phenoxy) is 1. The van der Waals surface area contributed by atoms with Gasteiger partial charge in [-0.2, -0.15) is 0 Å². The first-order valence-electron chi connectivity index (χ1n) is 13.4. The second-order valence-electron chi connectivity index (χ2n) is 9.78. The lowest BCUT2D eigenvalue weighted by Crippen LogP contribution is -2.46. The van der Waals surface area contributed by atoms with Crippen LogP contribution in [0.25, 0.3) is 22.5 Å². The van der Waals surface area contributed by atoms with Gasteiger partial charge in [0.2, 0.25) is 0 Å². The van der Waals surface area contributed by atoms with Gasteiger partial charge in [-0.3, -0.25) is 4.90 Å². The average Bonchev–Trinajstić information content (AvgIpc) is 3.42. The van der Waals surface area contributed by atoms with E-state index in [9.17, 15) is 4.39 Å². The lowest BCUT2D eigenvalue weighted by Gasteiger charge is -2.35. The summed E-state index contributed by atoms with van der Waals surface area (Å²) in [5.41, 5.74) is 5.97. The van der Waals surface area contributed by atoms with E-state index in [1.165, 1.54) is 6.07 Å². The maximum absolute atomic E-state index is 14.0. The Morgan fingerprint density at radius 3 is 2.18 bits per heavy atom. The lowest BCUT2D eigenvalue weighted by molar-refractivity contribution is 0.244. The zero-order valence-electron chi connectivity index (χ0n) is 21.8. The SMILES string of the molecule is Fc1ccccc1COc1cccc(N2CCN(Cc3nc(-c4ccccc4)c(-c4ccccc4)[nH]3)CC2)c1. The van der Waals surface area contributed by atoms with Crippen molar-refractivity contribution in [1.82, 2.24) is 14.9 Å². The molecule has 196 valence electrons. The van der Waals surface area contributed by atoms with Crippen LogP contribution in [0.4, 0.5) is 10.1 Å². The highest BCUT2D eigenvalue weighted by Crippen LogP contribution is 2.30. The normalized spacial score (nSPS) is 13.9. The Morgan fingerprint density at radius 1 is 0.744 bits per heavy atom. The molecule has 1 aliphatic rings.